The summed E-state index contributed by atoms with van der Waals surface area (Å²) in [6.45, 7) is 11.3. The average molecular weight is 275 g/mol. The van der Waals surface area contributed by atoms with E-state index < -0.39 is 0 Å². The monoisotopic (exact) mass is 274 g/mol. The molecule has 4 heteroatoms. The topological polar surface area (TPSA) is 16.1 Å². The number of rotatable bonds is 4. The van der Waals surface area contributed by atoms with Gasteiger partial charge in [-0.15, -0.1) is 22.9 Å². The Morgan fingerprint density at radius 3 is 2.41 bits per heavy atom. The van der Waals surface area contributed by atoms with Gasteiger partial charge in [0.2, 0.25) is 0 Å². The maximum Gasteiger partial charge on any atom is 0.110 e. The van der Waals surface area contributed by atoms with E-state index in [-0.39, 0.29) is 5.41 Å². The molecule has 0 saturated carbocycles. The number of aromatic nitrogens is 1. The van der Waals surface area contributed by atoms with E-state index in [0.717, 1.165) is 10.7 Å². The molecule has 0 amide bonds. The Morgan fingerprint density at radius 2 is 2.00 bits per heavy atom. The lowest BCUT2D eigenvalue weighted by atomic mass is 9.86. The van der Waals surface area contributed by atoms with Crippen LogP contribution in [-0.2, 0) is 5.88 Å². The first-order valence-corrected chi connectivity index (χ1v) is 7.41. The highest BCUT2D eigenvalue weighted by Gasteiger charge is 2.28. The van der Waals surface area contributed by atoms with Crippen molar-refractivity contribution in [1.29, 1.82) is 0 Å². The zero-order valence-electron chi connectivity index (χ0n) is 11.6. The van der Waals surface area contributed by atoms with Gasteiger partial charge in [0.05, 0.1) is 17.6 Å². The summed E-state index contributed by atoms with van der Waals surface area (Å²) in [5.74, 6) is 0.502. The van der Waals surface area contributed by atoms with E-state index in [9.17, 15) is 0 Å². The van der Waals surface area contributed by atoms with Crippen LogP contribution in [0.15, 0.2) is 5.38 Å². The zero-order valence-corrected chi connectivity index (χ0v) is 13.2. The quantitative estimate of drug-likeness (QED) is 0.761. The van der Waals surface area contributed by atoms with Gasteiger partial charge in [-0.25, -0.2) is 4.98 Å². The van der Waals surface area contributed by atoms with Gasteiger partial charge in [-0.1, -0.05) is 20.8 Å². The van der Waals surface area contributed by atoms with Crippen molar-refractivity contribution >= 4 is 22.9 Å². The van der Waals surface area contributed by atoms with Crippen molar-refractivity contribution in [2.24, 2.45) is 5.41 Å². The van der Waals surface area contributed by atoms with Crippen molar-refractivity contribution in [2.75, 3.05) is 7.05 Å². The average Bonchev–Trinajstić information content (AvgIpc) is 2.73. The molecule has 1 heterocycles. The van der Waals surface area contributed by atoms with Gasteiger partial charge in [-0.05, 0) is 26.3 Å². The van der Waals surface area contributed by atoms with Gasteiger partial charge in [0.25, 0.3) is 0 Å². The van der Waals surface area contributed by atoms with Crippen LogP contribution < -0.4 is 0 Å². The number of hydrogen-bond acceptors (Lipinski definition) is 3. The van der Waals surface area contributed by atoms with E-state index in [0.29, 0.717) is 18.0 Å². The highest BCUT2D eigenvalue weighted by molar-refractivity contribution is 7.09. The van der Waals surface area contributed by atoms with Crippen molar-refractivity contribution in [2.45, 2.75) is 52.6 Å². The molecule has 2 nitrogen and oxygen atoms in total. The second kappa shape index (κ2) is 5.68. The second-order valence-corrected chi connectivity index (χ2v) is 6.85. The fourth-order valence-corrected chi connectivity index (χ4v) is 2.85. The molecule has 2 atom stereocenters. The van der Waals surface area contributed by atoms with Crippen molar-refractivity contribution in [3.8, 4) is 0 Å². The lowest BCUT2D eigenvalue weighted by Gasteiger charge is -2.38. The van der Waals surface area contributed by atoms with Gasteiger partial charge in [0.15, 0.2) is 0 Å². The molecule has 17 heavy (non-hydrogen) atoms. The van der Waals surface area contributed by atoms with E-state index >= 15 is 0 Å². The Bertz CT molecular complexity index is 357. The molecule has 0 fully saturated rings. The second-order valence-electron chi connectivity index (χ2n) is 5.69. The van der Waals surface area contributed by atoms with E-state index in [1.807, 2.05) is 0 Å². The molecular weight excluding hydrogens is 252 g/mol. The Hall–Kier alpha value is -0.120. The minimum Gasteiger partial charge on any atom is -0.294 e. The highest BCUT2D eigenvalue weighted by Crippen LogP contribution is 2.31. The summed E-state index contributed by atoms with van der Waals surface area (Å²) in [6, 6.07) is 0.840. The molecule has 0 N–H and O–H groups in total. The minimum absolute atomic E-state index is 0.273. The lowest BCUT2D eigenvalue weighted by molar-refractivity contribution is 0.104. The fraction of sp³-hybridized carbons (Fsp3) is 0.769. The molecule has 0 aliphatic carbocycles. The molecule has 0 aliphatic heterocycles. The molecule has 0 aliphatic rings. The van der Waals surface area contributed by atoms with Crippen molar-refractivity contribution in [3.63, 3.8) is 0 Å². The van der Waals surface area contributed by atoms with Crippen molar-refractivity contribution < 1.29 is 0 Å². The molecule has 0 saturated heterocycles. The molecule has 0 spiro atoms. The summed E-state index contributed by atoms with van der Waals surface area (Å²) in [4.78, 5) is 6.94. The number of alkyl halides is 1. The fourth-order valence-electron chi connectivity index (χ4n) is 1.70. The SMILES string of the molecule is CC(c1nc(CCl)cs1)N(C)C(C)C(C)(C)C. The largest absolute Gasteiger partial charge is 0.294 e. The Kier molecular flexibility index (Phi) is 4.99. The molecular formula is C13H23ClN2S. The summed E-state index contributed by atoms with van der Waals surface area (Å²) >= 11 is 7.49. The summed E-state index contributed by atoms with van der Waals surface area (Å²) in [7, 11) is 2.17. The third-order valence-corrected chi connectivity index (χ3v) is 4.88. The van der Waals surface area contributed by atoms with Crippen LogP contribution in [-0.4, -0.2) is 23.0 Å². The Labute approximate surface area is 114 Å². The third-order valence-electron chi connectivity index (χ3n) is 3.54. The molecule has 98 valence electrons. The van der Waals surface area contributed by atoms with E-state index in [1.165, 1.54) is 0 Å². The first kappa shape index (κ1) is 14.9. The Balaban J connectivity index is 2.79. The van der Waals surface area contributed by atoms with Crippen molar-refractivity contribution in [1.82, 2.24) is 9.88 Å². The van der Waals surface area contributed by atoms with Crippen LogP contribution in [0.2, 0.25) is 0 Å². The van der Waals surface area contributed by atoms with Gasteiger partial charge in [-0.3, -0.25) is 4.90 Å². The number of hydrogen-bond donors (Lipinski definition) is 0. The first-order chi connectivity index (χ1) is 7.77. The first-order valence-electron chi connectivity index (χ1n) is 5.99. The number of nitrogens with zero attached hydrogens (tertiary/aromatic N) is 2. The molecule has 1 aromatic rings. The van der Waals surface area contributed by atoms with Crippen LogP contribution in [0.1, 0.15) is 51.4 Å². The molecule has 0 radical (unpaired) electrons. The van der Waals surface area contributed by atoms with Gasteiger partial charge >= 0.3 is 0 Å². The van der Waals surface area contributed by atoms with Crippen LogP contribution in [0.3, 0.4) is 0 Å². The van der Waals surface area contributed by atoms with Crippen LogP contribution in [0.4, 0.5) is 0 Å². The maximum absolute atomic E-state index is 5.79. The molecule has 1 rings (SSSR count). The maximum atomic E-state index is 5.79. The molecule has 0 bridgehead atoms. The third kappa shape index (κ3) is 3.67. The molecule has 1 aromatic heterocycles. The summed E-state index contributed by atoms with van der Waals surface area (Å²) in [5, 5.41) is 3.20. The zero-order chi connectivity index (χ0) is 13.2. The van der Waals surface area contributed by atoms with Gasteiger partial charge in [0, 0.05) is 11.4 Å². The Morgan fingerprint density at radius 1 is 1.41 bits per heavy atom. The predicted octanol–water partition coefficient (Wildman–Crippen LogP) is 4.31. The summed E-state index contributed by atoms with van der Waals surface area (Å²) in [5.41, 5.74) is 1.26. The predicted molar refractivity (Wildman–Crippen MR) is 76.8 cm³/mol. The van der Waals surface area contributed by atoms with Crippen LogP contribution >= 0.6 is 22.9 Å². The summed E-state index contributed by atoms with van der Waals surface area (Å²) < 4.78 is 0. The van der Waals surface area contributed by atoms with E-state index in [1.54, 1.807) is 11.3 Å². The van der Waals surface area contributed by atoms with Gasteiger partial charge in [0.1, 0.15) is 5.01 Å². The lowest BCUT2D eigenvalue weighted by Crippen LogP contribution is -2.40. The van der Waals surface area contributed by atoms with Crippen molar-refractivity contribution in [3.05, 3.63) is 16.1 Å². The van der Waals surface area contributed by atoms with Crippen LogP contribution in [0.5, 0.6) is 0 Å². The van der Waals surface area contributed by atoms with Gasteiger partial charge < -0.3 is 0 Å². The standard InChI is InChI=1S/C13H23ClN2S/c1-9(12-15-11(7-14)8-17-12)16(6)10(2)13(3,4)5/h8-10H,7H2,1-6H3. The van der Waals surface area contributed by atoms with E-state index in [2.05, 4.69) is 56.9 Å². The molecule has 0 aromatic carbocycles. The summed E-state index contributed by atoms with van der Waals surface area (Å²) in [6.07, 6.45) is 0. The number of thiazole rings is 1. The minimum atomic E-state index is 0.273. The van der Waals surface area contributed by atoms with Crippen LogP contribution in [0.25, 0.3) is 0 Å². The number of halogens is 1. The molecule has 2 unspecified atom stereocenters. The van der Waals surface area contributed by atoms with Crippen LogP contribution in [0, 0.1) is 5.41 Å². The van der Waals surface area contributed by atoms with Gasteiger partial charge in [-0.2, -0.15) is 0 Å². The normalized spacial score (nSPS) is 16.2. The van der Waals surface area contributed by atoms with E-state index in [4.69, 9.17) is 11.6 Å². The smallest absolute Gasteiger partial charge is 0.110 e. The highest BCUT2D eigenvalue weighted by atomic mass is 35.5.